The van der Waals surface area contributed by atoms with E-state index in [4.69, 9.17) is 27.9 Å². The van der Waals surface area contributed by atoms with Crippen molar-refractivity contribution in [2.75, 3.05) is 25.5 Å². The molecule has 2 atom stereocenters. The van der Waals surface area contributed by atoms with E-state index in [1.54, 1.807) is 18.2 Å². The lowest BCUT2D eigenvalue weighted by molar-refractivity contribution is -0.128. The summed E-state index contributed by atoms with van der Waals surface area (Å²) in [6, 6.07) is 7.03. The second-order valence-electron chi connectivity index (χ2n) is 8.56. The molecular formula is C26H27Cl2N5O3. The van der Waals surface area contributed by atoms with E-state index < -0.39 is 0 Å². The SMILES string of the molecule is C=CC(=O)N[C@@H]1CN(C(C)=O)C[C@@H]1Nc1ncc2cc(-c3c(Cl)c(CC)cc(OC)c3Cl)ccc2n1. The van der Waals surface area contributed by atoms with E-state index in [-0.39, 0.29) is 23.9 Å². The molecule has 0 aliphatic carbocycles. The summed E-state index contributed by atoms with van der Waals surface area (Å²) >= 11 is 13.3. The number of carbonyl (C=O) groups is 2. The lowest BCUT2D eigenvalue weighted by Gasteiger charge is -2.20. The fourth-order valence-corrected chi connectivity index (χ4v) is 5.12. The first kappa shape index (κ1) is 25.7. The molecule has 1 aliphatic heterocycles. The van der Waals surface area contributed by atoms with Crippen LogP contribution in [0, 0.1) is 0 Å². The number of ether oxygens (including phenoxy) is 1. The standard InChI is InChI=1S/C26H27Cl2N5O3/c1-5-15-10-21(36-4)25(28)23(24(15)27)16-7-8-18-17(9-16)11-29-26(31-18)32-20-13-33(14(3)34)12-19(20)30-22(35)6-2/h6-11,19-20H,2,5,12-13H2,1,3-4H3,(H,30,35)(H,29,31,32)/t19-,20+/m1/s1. The quantitative estimate of drug-likeness (QED) is 0.439. The van der Waals surface area contributed by atoms with Crippen LogP contribution in [-0.4, -0.2) is 59.0 Å². The van der Waals surface area contributed by atoms with Gasteiger partial charge in [0.1, 0.15) is 5.75 Å². The Bertz CT molecular complexity index is 1320. The van der Waals surface area contributed by atoms with Gasteiger partial charge in [0.25, 0.3) is 0 Å². The molecule has 8 nitrogen and oxygen atoms in total. The Kier molecular flexibility index (Phi) is 7.66. The highest BCUT2D eigenvalue weighted by molar-refractivity contribution is 6.40. The number of aromatic nitrogens is 2. The van der Waals surface area contributed by atoms with Gasteiger partial charge in [0.05, 0.1) is 34.8 Å². The van der Waals surface area contributed by atoms with Gasteiger partial charge in [0.2, 0.25) is 17.8 Å². The molecular weight excluding hydrogens is 501 g/mol. The molecule has 4 rings (SSSR count). The highest BCUT2D eigenvalue weighted by Gasteiger charge is 2.35. The van der Waals surface area contributed by atoms with E-state index in [9.17, 15) is 9.59 Å². The molecule has 2 heterocycles. The Morgan fingerprint density at radius 1 is 1.22 bits per heavy atom. The molecule has 2 amide bonds. The van der Waals surface area contributed by atoms with Crippen molar-refractivity contribution in [1.29, 1.82) is 0 Å². The van der Waals surface area contributed by atoms with Crippen LogP contribution in [0.2, 0.25) is 10.0 Å². The average Bonchev–Trinajstić information content (AvgIpc) is 3.26. The van der Waals surface area contributed by atoms with Crippen molar-refractivity contribution < 1.29 is 14.3 Å². The van der Waals surface area contributed by atoms with E-state index in [0.29, 0.717) is 40.4 Å². The molecule has 0 bridgehead atoms. The van der Waals surface area contributed by atoms with Gasteiger partial charge in [-0.25, -0.2) is 9.97 Å². The van der Waals surface area contributed by atoms with Crippen molar-refractivity contribution in [3.63, 3.8) is 0 Å². The molecule has 1 aromatic heterocycles. The third kappa shape index (κ3) is 5.10. The predicted octanol–water partition coefficient (Wildman–Crippen LogP) is 4.49. The van der Waals surface area contributed by atoms with Gasteiger partial charge >= 0.3 is 0 Å². The van der Waals surface area contributed by atoms with Gasteiger partial charge in [-0.05, 0) is 41.8 Å². The summed E-state index contributed by atoms with van der Waals surface area (Å²) in [5.74, 6) is 0.600. The van der Waals surface area contributed by atoms with Crippen molar-refractivity contribution in [1.82, 2.24) is 20.2 Å². The first-order valence-corrected chi connectivity index (χ1v) is 12.3. The van der Waals surface area contributed by atoms with E-state index >= 15 is 0 Å². The zero-order chi connectivity index (χ0) is 26.0. The summed E-state index contributed by atoms with van der Waals surface area (Å²) in [4.78, 5) is 34.6. The zero-order valence-electron chi connectivity index (χ0n) is 20.3. The van der Waals surface area contributed by atoms with Gasteiger partial charge in [-0.3, -0.25) is 9.59 Å². The maximum Gasteiger partial charge on any atom is 0.243 e. The van der Waals surface area contributed by atoms with Crippen molar-refractivity contribution in [2.24, 2.45) is 0 Å². The molecule has 2 N–H and O–H groups in total. The molecule has 1 saturated heterocycles. The summed E-state index contributed by atoms with van der Waals surface area (Å²) in [5.41, 5.74) is 3.19. The minimum absolute atomic E-state index is 0.0646. The first-order chi connectivity index (χ1) is 17.2. The predicted molar refractivity (Wildman–Crippen MR) is 143 cm³/mol. The smallest absolute Gasteiger partial charge is 0.243 e. The number of rotatable bonds is 7. The number of likely N-dealkylation sites (tertiary alicyclic amines) is 1. The van der Waals surface area contributed by atoms with Crippen LogP contribution >= 0.6 is 23.2 Å². The number of aryl methyl sites for hydroxylation is 1. The fraction of sp³-hybridized carbons (Fsp3) is 0.308. The molecule has 0 radical (unpaired) electrons. The summed E-state index contributed by atoms with van der Waals surface area (Å²) < 4.78 is 5.45. The Morgan fingerprint density at radius 3 is 2.64 bits per heavy atom. The van der Waals surface area contributed by atoms with Crippen molar-refractivity contribution in [3.8, 4) is 16.9 Å². The van der Waals surface area contributed by atoms with Gasteiger partial charge in [-0.15, -0.1) is 0 Å². The highest BCUT2D eigenvalue weighted by atomic mass is 35.5. The van der Waals surface area contributed by atoms with Gasteiger partial charge in [0.15, 0.2) is 0 Å². The van der Waals surface area contributed by atoms with Crippen LogP contribution < -0.4 is 15.4 Å². The molecule has 2 aromatic carbocycles. The topological polar surface area (TPSA) is 96.5 Å². The molecule has 1 aliphatic rings. The summed E-state index contributed by atoms with van der Waals surface area (Å²) in [5, 5.41) is 7.98. The summed E-state index contributed by atoms with van der Waals surface area (Å²) in [7, 11) is 1.58. The van der Waals surface area contributed by atoms with E-state index in [0.717, 1.165) is 28.5 Å². The third-order valence-electron chi connectivity index (χ3n) is 6.30. The molecule has 36 heavy (non-hydrogen) atoms. The van der Waals surface area contributed by atoms with Gasteiger partial charge < -0.3 is 20.3 Å². The van der Waals surface area contributed by atoms with Crippen LogP contribution in [0.1, 0.15) is 19.4 Å². The third-order valence-corrected chi connectivity index (χ3v) is 7.11. The van der Waals surface area contributed by atoms with E-state index in [2.05, 4.69) is 27.2 Å². The molecule has 0 unspecified atom stereocenters. The van der Waals surface area contributed by atoms with Crippen molar-refractivity contribution in [2.45, 2.75) is 32.4 Å². The lowest BCUT2D eigenvalue weighted by atomic mass is 9.99. The number of hydrogen-bond donors (Lipinski definition) is 2. The second-order valence-corrected chi connectivity index (χ2v) is 9.31. The number of carbonyl (C=O) groups excluding carboxylic acids is 2. The number of hydrogen-bond acceptors (Lipinski definition) is 6. The largest absolute Gasteiger partial charge is 0.495 e. The monoisotopic (exact) mass is 527 g/mol. The number of nitrogens with one attached hydrogen (secondary N) is 2. The molecule has 10 heteroatoms. The van der Waals surface area contributed by atoms with Gasteiger partial charge in [-0.2, -0.15) is 0 Å². The number of halogens is 2. The number of nitrogens with zero attached hydrogens (tertiary/aromatic N) is 3. The van der Waals surface area contributed by atoms with Crippen LogP contribution in [0.3, 0.4) is 0 Å². The molecule has 3 aromatic rings. The van der Waals surface area contributed by atoms with Crippen LogP contribution in [0.4, 0.5) is 5.95 Å². The average molecular weight is 528 g/mol. The molecule has 188 valence electrons. The number of fused-ring (bicyclic) bond motifs is 1. The summed E-state index contributed by atoms with van der Waals surface area (Å²) in [6.45, 7) is 7.84. The Balaban J connectivity index is 1.64. The van der Waals surface area contributed by atoms with Gasteiger partial charge in [0, 0.05) is 37.2 Å². The number of amides is 2. The number of anilines is 1. The molecule has 0 saturated carbocycles. The van der Waals surface area contributed by atoms with Crippen molar-refractivity contribution in [3.05, 3.63) is 58.7 Å². The number of benzene rings is 2. The lowest BCUT2D eigenvalue weighted by Crippen LogP contribution is -2.45. The first-order valence-electron chi connectivity index (χ1n) is 11.5. The van der Waals surface area contributed by atoms with Crippen LogP contribution in [0.25, 0.3) is 22.0 Å². The molecule has 0 spiro atoms. The molecule has 1 fully saturated rings. The fourth-order valence-electron chi connectivity index (χ4n) is 4.34. The number of methoxy groups -OCH3 is 1. The summed E-state index contributed by atoms with van der Waals surface area (Å²) in [6.07, 6.45) is 3.66. The minimum Gasteiger partial charge on any atom is -0.495 e. The Hall–Kier alpha value is -3.36. The maximum atomic E-state index is 11.9. The van der Waals surface area contributed by atoms with E-state index in [1.807, 2.05) is 31.2 Å². The van der Waals surface area contributed by atoms with Crippen molar-refractivity contribution >= 4 is 51.9 Å². The maximum absolute atomic E-state index is 11.9. The van der Waals surface area contributed by atoms with Gasteiger partial charge in [-0.1, -0.05) is 42.8 Å². The van der Waals surface area contributed by atoms with Crippen LogP contribution in [-0.2, 0) is 16.0 Å². The highest BCUT2D eigenvalue weighted by Crippen LogP contribution is 2.43. The second kappa shape index (κ2) is 10.7. The van der Waals surface area contributed by atoms with E-state index in [1.165, 1.54) is 13.0 Å². The van der Waals surface area contributed by atoms with Crippen LogP contribution in [0.5, 0.6) is 5.75 Å². The Morgan fingerprint density at radius 2 is 1.97 bits per heavy atom. The zero-order valence-corrected chi connectivity index (χ0v) is 21.8. The minimum atomic E-state index is -0.301. The normalized spacial score (nSPS) is 17.2. The Labute approximate surface area is 219 Å². The van der Waals surface area contributed by atoms with Crippen LogP contribution in [0.15, 0.2) is 43.1 Å².